The molecular weight excluding hydrogens is 681 g/mol. The topological polar surface area (TPSA) is 111 Å². The molecule has 0 spiro atoms. The van der Waals surface area contributed by atoms with E-state index in [-0.39, 0.29) is 6.61 Å². The molecule has 1 N–H and O–H groups in total. The molecule has 38 heavy (non-hydrogen) atoms. The zero-order valence-corrected chi connectivity index (χ0v) is 26.5. The molecule has 2 amide bonds. The summed E-state index contributed by atoms with van der Waals surface area (Å²) in [6.07, 6.45) is 4.37. The van der Waals surface area contributed by atoms with Gasteiger partial charge in [0.25, 0.3) is 0 Å². The Morgan fingerprint density at radius 3 is 2.74 bits per heavy atom. The molecule has 0 unspecified atom stereocenters. The van der Waals surface area contributed by atoms with Crippen molar-refractivity contribution in [1.29, 1.82) is 0 Å². The summed E-state index contributed by atoms with van der Waals surface area (Å²) in [5.74, 6) is 1.09. The van der Waals surface area contributed by atoms with Crippen molar-refractivity contribution in [2.75, 3.05) is 34.8 Å². The number of hydrogen-bond donors (Lipinski definition) is 1. The standard InChI is InChI=1S/C26H32N6O5.Tl/c1-5-32(20-6-7-22-21(13-20)31(10-11-35-22)15-19-14-27-17-29-19)25(34)36-16-18-8-9-28-23(12-18)30-24(33)37-26(2,3)4;/h6-9,12-14,17H,5,10-11,15-16H2,1-4H3,(H2,27,28,29,30,33);/q;+1/p-1. The summed E-state index contributed by atoms with van der Waals surface area (Å²) in [5, 5.41) is 2.59. The van der Waals surface area contributed by atoms with Gasteiger partial charge in [0.2, 0.25) is 0 Å². The number of pyridine rings is 1. The van der Waals surface area contributed by atoms with Gasteiger partial charge in [-0.1, -0.05) is 0 Å². The monoisotopic (exact) mass is 712 g/mol. The number of benzene rings is 1. The molecule has 198 valence electrons. The average Bonchev–Trinajstić information content (AvgIpc) is 3.27. The van der Waals surface area contributed by atoms with E-state index >= 15 is 0 Å². The predicted molar refractivity (Wildman–Crippen MR) is 144 cm³/mol. The third-order valence-corrected chi connectivity index (χ3v) is 6.67. The Hall–Kier alpha value is -3.36. The molecular formula is C26H31N6O5Tl. The second-order valence-corrected chi connectivity index (χ2v) is 12.0. The number of hydrogen-bond acceptors (Lipinski definition) is 8. The molecule has 0 aliphatic carbocycles. The van der Waals surface area contributed by atoms with Gasteiger partial charge >= 0.3 is 163 Å². The second kappa shape index (κ2) is 12.0. The zero-order chi connectivity index (χ0) is 27.3. The molecule has 3 heterocycles. The van der Waals surface area contributed by atoms with Crippen LogP contribution in [0, 0.1) is 0 Å². The van der Waals surface area contributed by atoms with Gasteiger partial charge in [0, 0.05) is 6.20 Å². The number of carbonyl (C=O) groups is 2. The van der Waals surface area contributed by atoms with Crippen LogP contribution in [0.25, 0.3) is 0 Å². The van der Waals surface area contributed by atoms with Crippen molar-refractivity contribution in [3.8, 4) is 5.75 Å². The number of nitrogens with zero attached hydrogens (tertiary/aromatic N) is 5. The van der Waals surface area contributed by atoms with E-state index in [1.807, 2.05) is 31.5 Å². The normalized spacial score (nSPS) is 12.8. The van der Waals surface area contributed by atoms with Crippen molar-refractivity contribution in [3.05, 3.63) is 60.3 Å². The molecule has 0 fully saturated rings. The van der Waals surface area contributed by atoms with Crippen LogP contribution in [0.3, 0.4) is 0 Å². The third-order valence-electron chi connectivity index (χ3n) is 5.57. The van der Waals surface area contributed by atoms with Crippen LogP contribution in [0.5, 0.6) is 5.75 Å². The molecule has 3 aromatic rings. The van der Waals surface area contributed by atoms with E-state index < -0.39 is 17.8 Å². The van der Waals surface area contributed by atoms with Crippen LogP contribution in [0.4, 0.5) is 26.8 Å². The summed E-state index contributed by atoms with van der Waals surface area (Å²) >= 11 is 0.675. The maximum atomic E-state index is 13.1. The van der Waals surface area contributed by atoms with E-state index in [9.17, 15) is 9.59 Å². The summed E-state index contributed by atoms with van der Waals surface area (Å²) in [7, 11) is 0. The van der Waals surface area contributed by atoms with Crippen molar-refractivity contribution in [1.82, 2.24) is 12.3 Å². The first-order valence-corrected chi connectivity index (χ1v) is 14.3. The molecule has 0 atom stereocenters. The molecule has 1 aliphatic rings. The van der Waals surface area contributed by atoms with Gasteiger partial charge in [-0.2, -0.15) is 0 Å². The number of rotatable bonds is 7. The first-order chi connectivity index (χ1) is 18.1. The van der Waals surface area contributed by atoms with Gasteiger partial charge in [-0.05, 0) is 38.5 Å². The molecule has 1 aliphatic heterocycles. The number of fused-ring (bicyclic) bond motifs is 1. The second-order valence-electron chi connectivity index (χ2n) is 9.71. The van der Waals surface area contributed by atoms with Gasteiger partial charge in [0.1, 0.15) is 11.4 Å². The molecule has 0 radical (unpaired) electrons. The quantitative estimate of drug-likeness (QED) is 0.365. The average molecular weight is 712 g/mol. The SMILES string of the molecule is CCN(C(=O)OCc1ccnc(NC(=O)OC(C)(C)C)c1)c1ccc2c(c1)N(Cc1c[n]([Tl])cn1)CCO2. The van der Waals surface area contributed by atoms with Gasteiger partial charge < -0.3 is 4.74 Å². The Morgan fingerprint density at radius 2 is 2.03 bits per heavy atom. The number of aromatic nitrogens is 3. The van der Waals surface area contributed by atoms with Crippen LogP contribution in [0.1, 0.15) is 39.0 Å². The van der Waals surface area contributed by atoms with E-state index in [2.05, 4.69) is 28.8 Å². The Morgan fingerprint density at radius 1 is 1.21 bits per heavy atom. The fourth-order valence-electron chi connectivity index (χ4n) is 3.93. The molecule has 2 aromatic heterocycles. The molecule has 1 aromatic carbocycles. The van der Waals surface area contributed by atoms with Gasteiger partial charge in [-0.15, -0.1) is 0 Å². The first-order valence-electron chi connectivity index (χ1n) is 12.3. The van der Waals surface area contributed by atoms with E-state index in [4.69, 9.17) is 14.2 Å². The van der Waals surface area contributed by atoms with Crippen molar-refractivity contribution >= 4 is 55.4 Å². The first kappa shape index (κ1) is 27.7. The van der Waals surface area contributed by atoms with Crippen molar-refractivity contribution < 1.29 is 23.8 Å². The fourth-order valence-corrected chi connectivity index (χ4v) is 4.86. The van der Waals surface area contributed by atoms with Crippen LogP contribution in [0.2, 0.25) is 0 Å². The van der Waals surface area contributed by atoms with Crippen LogP contribution in [0.15, 0.2) is 49.1 Å². The summed E-state index contributed by atoms with van der Waals surface area (Å²) < 4.78 is 18.8. The van der Waals surface area contributed by atoms with Gasteiger partial charge in [-0.3, -0.25) is 5.32 Å². The molecule has 0 saturated carbocycles. The number of amides is 2. The molecule has 0 saturated heterocycles. The molecule has 11 nitrogen and oxygen atoms in total. The number of ether oxygens (including phenoxy) is 3. The Bertz CT molecular complexity index is 1290. The zero-order valence-electron chi connectivity index (χ0n) is 22.0. The van der Waals surface area contributed by atoms with Crippen LogP contribution in [-0.2, 0) is 22.6 Å². The minimum absolute atomic E-state index is 0.0185. The number of nitrogens with one attached hydrogen (secondary N) is 1. The van der Waals surface area contributed by atoms with Crippen molar-refractivity contribution in [2.24, 2.45) is 0 Å². The summed E-state index contributed by atoms with van der Waals surface area (Å²) in [5.41, 5.74) is 2.68. The summed E-state index contributed by atoms with van der Waals surface area (Å²) in [4.78, 5) is 37.5. The number of carbonyl (C=O) groups excluding carboxylic acids is 2. The van der Waals surface area contributed by atoms with Gasteiger partial charge in [0.05, 0.1) is 0 Å². The van der Waals surface area contributed by atoms with Gasteiger partial charge in [-0.25, -0.2) is 9.78 Å². The molecule has 4 rings (SSSR count). The van der Waals surface area contributed by atoms with E-state index in [1.165, 1.54) is 6.20 Å². The van der Waals surface area contributed by atoms with Crippen molar-refractivity contribution in [2.45, 2.75) is 46.4 Å². The maximum absolute atomic E-state index is 13.1. The van der Waals surface area contributed by atoms with E-state index in [1.54, 1.807) is 37.8 Å². The number of imidazole rings is 1. The molecule has 12 heteroatoms. The van der Waals surface area contributed by atoms with Gasteiger partial charge in [0.15, 0.2) is 0 Å². The minimum atomic E-state index is -0.624. The van der Waals surface area contributed by atoms with Crippen LogP contribution in [-0.4, -0.2) is 75.9 Å². The van der Waals surface area contributed by atoms with E-state index in [0.717, 1.165) is 23.7 Å². The Balaban J connectivity index is 1.42. The Kier molecular flexibility index (Phi) is 8.74. The predicted octanol–water partition coefficient (Wildman–Crippen LogP) is 4.12. The third kappa shape index (κ3) is 7.36. The van der Waals surface area contributed by atoms with Crippen molar-refractivity contribution in [3.63, 3.8) is 0 Å². The van der Waals surface area contributed by atoms with Crippen LogP contribution >= 0.6 is 0 Å². The van der Waals surface area contributed by atoms with Crippen LogP contribution < -0.4 is 19.9 Å². The Labute approximate surface area is 238 Å². The summed E-state index contributed by atoms with van der Waals surface area (Å²) in [6, 6.07) is 9.06. The van der Waals surface area contributed by atoms with E-state index in [0.29, 0.717) is 62.8 Å². The number of anilines is 3. The fraction of sp³-hybridized carbons (Fsp3) is 0.385. The molecule has 0 bridgehead atoms. The summed E-state index contributed by atoms with van der Waals surface area (Å²) in [6.45, 7) is 9.66.